The standard InChI is InChI=1S/C25H20Cl2N2O3/c1-2-31-22-10-8-21(9-11-22)29-25(30)19(15-28)12-17-4-3-5-23(13-17)32-16-18-6-7-20(26)14-24(18)27/h3-14H,2,16H2,1H3,(H,29,30)/b19-12+. The number of rotatable bonds is 8. The number of hydrogen-bond acceptors (Lipinski definition) is 4. The number of benzene rings is 3. The molecule has 0 aromatic heterocycles. The van der Waals surface area contributed by atoms with Gasteiger partial charge in [-0.1, -0.05) is 41.4 Å². The molecule has 7 heteroatoms. The summed E-state index contributed by atoms with van der Waals surface area (Å²) < 4.78 is 11.2. The quantitative estimate of drug-likeness (QED) is 0.303. The smallest absolute Gasteiger partial charge is 0.266 e. The average Bonchev–Trinajstić information content (AvgIpc) is 2.78. The molecule has 0 aliphatic carbocycles. The van der Waals surface area contributed by atoms with Crippen molar-refractivity contribution in [3.8, 4) is 17.6 Å². The summed E-state index contributed by atoms with van der Waals surface area (Å²) in [6.07, 6.45) is 1.51. The van der Waals surface area contributed by atoms with Gasteiger partial charge in [0.05, 0.1) is 6.61 Å². The molecular weight excluding hydrogens is 447 g/mol. The van der Waals surface area contributed by atoms with Crippen LogP contribution in [0.1, 0.15) is 18.1 Å². The molecule has 0 heterocycles. The van der Waals surface area contributed by atoms with E-state index in [9.17, 15) is 10.1 Å². The Morgan fingerprint density at radius 3 is 2.50 bits per heavy atom. The predicted molar refractivity (Wildman–Crippen MR) is 127 cm³/mol. The highest BCUT2D eigenvalue weighted by Crippen LogP contribution is 2.24. The van der Waals surface area contributed by atoms with E-state index in [0.717, 1.165) is 5.56 Å². The molecule has 1 amide bonds. The first-order valence-electron chi connectivity index (χ1n) is 9.81. The summed E-state index contributed by atoms with van der Waals surface area (Å²) in [5.74, 6) is 0.781. The van der Waals surface area contributed by atoms with Gasteiger partial charge in [-0.2, -0.15) is 5.26 Å². The number of carbonyl (C=O) groups is 1. The van der Waals surface area contributed by atoms with E-state index in [2.05, 4.69) is 5.32 Å². The molecule has 0 spiro atoms. The van der Waals surface area contributed by atoms with Crippen molar-refractivity contribution in [3.63, 3.8) is 0 Å². The Bertz CT molecular complexity index is 1170. The van der Waals surface area contributed by atoms with Crippen LogP contribution < -0.4 is 14.8 Å². The first kappa shape index (κ1) is 23.2. The minimum absolute atomic E-state index is 0.0308. The minimum atomic E-state index is -0.504. The van der Waals surface area contributed by atoms with Crippen LogP contribution >= 0.6 is 23.2 Å². The SMILES string of the molecule is CCOc1ccc(NC(=O)/C(C#N)=C/c2cccc(OCc3ccc(Cl)cc3Cl)c2)cc1. The molecule has 162 valence electrons. The average molecular weight is 467 g/mol. The Morgan fingerprint density at radius 1 is 1.03 bits per heavy atom. The second-order valence-electron chi connectivity index (χ2n) is 6.68. The molecule has 0 atom stereocenters. The van der Waals surface area contributed by atoms with Crippen LogP contribution in [-0.2, 0) is 11.4 Å². The normalized spacial score (nSPS) is 10.9. The maximum atomic E-state index is 12.5. The summed E-state index contributed by atoms with van der Waals surface area (Å²) in [7, 11) is 0. The Kier molecular flexibility index (Phi) is 8.15. The molecule has 5 nitrogen and oxygen atoms in total. The zero-order valence-corrected chi connectivity index (χ0v) is 18.8. The summed E-state index contributed by atoms with van der Waals surface area (Å²) in [6.45, 7) is 2.71. The van der Waals surface area contributed by atoms with E-state index < -0.39 is 5.91 Å². The number of nitriles is 1. The van der Waals surface area contributed by atoms with Gasteiger partial charge < -0.3 is 14.8 Å². The van der Waals surface area contributed by atoms with E-state index in [4.69, 9.17) is 32.7 Å². The molecule has 0 saturated heterocycles. The van der Waals surface area contributed by atoms with Crippen LogP contribution in [0.2, 0.25) is 10.0 Å². The maximum Gasteiger partial charge on any atom is 0.266 e. The van der Waals surface area contributed by atoms with Gasteiger partial charge in [-0.15, -0.1) is 0 Å². The van der Waals surface area contributed by atoms with Crippen molar-refractivity contribution in [2.75, 3.05) is 11.9 Å². The van der Waals surface area contributed by atoms with Gasteiger partial charge in [-0.3, -0.25) is 4.79 Å². The lowest BCUT2D eigenvalue weighted by Crippen LogP contribution is -2.13. The summed E-state index contributed by atoms with van der Waals surface area (Å²) in [5.41, 5.74) is 1.99. The van der Waals surface area contributed by atoms with Crippen molar-refractivity contribution < 1.29 is 14.3 Å². The van der Waals surface area contributed by atoms with E-state index in [0.29, 0.717) is 39.4 Å². The van der Waals surface area contributed by atoms with Crippen LogP contribution in [0.4, 0.5) is 5.69 Å². The summed E-state index contributed by atoms with van der Waals surface area (Å²) >= 11 is 12.1. The zero-order valence-electron chi connectivity index (χ0n) is 17.3. The van der Waals surface area contributed by atoms with Crippen molar-refractivity contribution in [2.45, 2.75) is 13.5 Å². The topological polar surface area (TPSA) is 71.3 Å². The van der Waals surface area contributed by atoms with Crippen LogP contribution in [0.5, 0.6) is 11.5 Å². The number of halogens is 2. The lowest BCUT2D eigenvalue weighted by molar-refractivity contribution is -0.112. The van der Waals surface area contributed by atoms with Gasteiger partial charge in [0.15, 0.2) is 0 Å². The first-order valence-corrected chi connectivity index (χ1v) is 10.6. The third kappa shape index (κ3) is 6.52. The van der Waals surface area contributed by atoms with Crippen LogP contribution in [0, 0.1) is 11.3 Å². The second-order valence-corrected chi connectivity index (χ2v) is 7.52. The highest BCUT2D eigenvalue weighted by atomic mass is 35.5. The molecule has 0 fully saturated rings. The fourth-order valence-electron chi connectivity index (χ4n) is 2.81. The predicted octanol–water partition coefficient (Wildman–Crippen LogP) is 6.52. The summed E-state index contributed by atoms with van der Waals surface area (Å²) in [6, 6.07) is 21.2. The number of hydrogen-bond donors (Lipinski definition) is 1. The zero-order chi connectivity index (χ0) is 22.9. The number of amides is 1. The molecule has 1 N–H and O–H groups in total. The number of nitrogens with zero attached hydrogens (tertiary/aromatic N) is 1. The maximum absolute atomic E-state index is 12.5. The van der Waals surface area contributed by atoms with Gasteiger partial charge in [0.25, 0.3) is 5.91 Å². The van der Waals surface area contributed by atoms with Crippen molar-refractivity contribution >= 4 is 40.9 Å². The Morgan fingerprint density at radius 2 is 1.81 bits per heavy atom. The molecule has 0 aliphatic rings. The highest BCUT2D eigenvalue weighted by Gasteiger charge is 2.10. The molecule has 32 heavy (non-hydrogen) atoms. The number of nitrogens with one attached hydrogen (secondary N) is 1. The van der Waals surface area contributed by atoms with Gasteiger partial charge in [0.2, 0.25) is 0 Å². The largest absolute Gasteiger partial charge is 0.494 e. The highest BCUT2D eigenvalue weighted by molar-refractivity contribution is 6.35. The Hall–Kier alpha value is -3.46. The molecule has 0 saturated carbocycles. The molecule has 0 radical (unpaired) electrons. The van der Waals surface area contributed by atoms with Gasteiger partial charge in [0.1, 0.15) is 29.7 Å². The molecule has 0 bridgehead atoms. The van der Waals surface area contributed by atoms with Crippen LogP contribution in [0.3, 0.4) is 0 Å². The molecular formula is C25H20Cl2N2O3. The fraction of sp³-hybridized carbons (Fsp3) is 0.120. The van der Waals surface area contributed by atoms with E-state index in [1.54, 1.807) is 66.7 Å². The van der Waals surface area contributed by atoms with Crippen LogP contribution in [0.25, 0.3) is 6.08 Å². The lowest BCUT2D eigenvalue weighted by atomic mass is 10.1. The van der Waals surface area contributed by atoms with Crippen molar-refractivity contribution in [1.82, 2.24) is 0 Å². The molecule has 3 aromatic carbocycles. The van der Waals surface area contributed by atoms with Crippen molar-refractivity contribution in [1.29, 1.82) is 5.26 Å². The number of carbonyl (C=O) groups excluding carboxylic acids is 1. The molecule has 3 rings (SSSR count). The van der Waals surface area contributed by atoms with E-state index in [1.165, 1.54) is 6.08 Å². The van der Waals surface area contributed by atoms with E-state index >= 15 is 0 Å². The fourth-order valence-corrected chi connectivity index (χ4v) is 3.27. The monoisotopic (exact) mass is 466 g/mol. The lowest BCUT2D eigenvalue weighted by Gasteiger charge is -2.09. The minimum Gasteiger partial charge on any atom is -0.494 e. The van der Waals surface area contributed by atoms with Crippen LogP contribution in [-0.4, -0.2) is 12.5 Å². The van der Waals surface area contributed by atoms with E-state index in [-0.39, 0.29) is 12.2 Å². The third-order valence-corrected chi connectivity index (χ3v) is 4.95. The summed E-state index contributed by atoms with van der Waals surface area (Å²) in [4.78, 5) is 12.5. The van der Waals surface area contributed by atoms with Crippen LogP contribution in [0.15, 0.2) is 72.3 Å². The van der Waals surface area contributed by atoms with Gasteiger partial charge >= 0.3 is 0 Å². The Labute approximate surface area is 196 Å². The van der Waals surface area contributed by atoms with Gasteiger partial charge in [0, 0.05) is 21.3 Å². The molecule has 0 unspecified atom stereocenters. The van der Waals surface area contributed by atoms with Gasteiger partial charge in [-0.25, -0.2) is 0 Å². The first-order chi connectivity index (χ1) is 15.5. The van der Waals surface area contributed by atoms with Crippen molar-refractivity contribution in [2.24, 2.45) is 0 Å². The third-order valence-electron chi connectivity index (χ3n) is 4.37. The number of ether oxygens (including phenoxy) is 2. The molecule has 3 aromatic rings. The second kappa shape index (κ2) is 11.2. The Balaban J connectivity index is 1.68. The molecule has 0 aliphatic heterocycles. The number of anilines is 1. The summed E-state index contributed by atoms with van der Waals surface area (Å²) in [5, 5.41) is 13.3. The van der Waals surface area contributed by atoms with Gasteiger partial charge in [-0.05, 0) is 67.1 Å². The van der Waals surface area contributed by atoms with Crippen molar-refractivity contribution in [3.05, 3.63) is 93.5 Å². The van der Waals surface area contributed by atoms with E-state index in [1.807, 2.05) is 13.0 Å².